The third-order valence-electron chi connectivity index (χ3n) is 3.09. The molecule has 23 heavy (non-hydrogen) atoms. The summed E-state index contributed by atoms with van der Waals surface area (Å²) < 4.78 is 0. The van der Waals surface area contributed by atoms with E-state index >= 15 is 0 Å². The van der Waals surface area contributed by atoms with Crippen molar-refractivity contribution in [3.63, 3.8) is 0 Å². The molecule has 0 aromatic carbocycles. The zero-order valence-corrected chi connectivity index (χ0v) is 13.2. The molecule has 0 spiro atoms. The fourth-order valence-electron chi connectivity index (χ4n) is 2.01. The Balaban J connectivity index is 2.71. The van der Waals surface area contributed by atoms with E-state index in [4.69, 9.17) is 10.8 Å². The summed E-state index contributed by atoms with van der Waals surface area (Å²) in [5.41, 5.74) is 6.44. The Hall–Kier alpha value is -2.42. The Morgan fingerprint density at radius 3 is 2.57 bits per heavy atom. The van der Waals surface area contributed by atoms with Crippen molar-refractivity contribution in [2.45, 2.75) is 38.8 Å². The van der Waals surface area contributed by atoms with Gasteiger partial charge in [0.25, 0.3) is 0 Å². The van der Waals surface area contributed by atoms with E-state index in [1.807, 2.05) is 13.8 Å². The number of aromatic nitrogens is 2. The van der Waals surface area contributed by atoms with Gasteiger partial charge < -0.3 is 26.5 Å². The predicted octanol–water partition coefficient (Wildman–Crippen LogP) is -0.989. The number of carbonyl (C=O) groups is 3. The molecule has 9 heteroatoms. The normalized spacial score (nSPS) is 13.4. The fourth-order valence-corrected chi connectivity index (χ4v) is 2.01. The minimum absolute atomic E-state index is 0.158. The Bertz CT molecular complexity index is 529. The molecule has 2 atom stereocenters. The van der Waals surface area contributed by atoms with Gasteiger partial charge in [0.15, 0.2) is 0 Å². The summed E-state index contributed by atoms with van der Waals surface area (Å²) in [4.78, 5) is 41.4. The van der Waals surface area contributed by atoms with Crippen LogP contribution in [0.1, 0.15) is 26.0 Å². The molecule has 0 unspecified atom stereocenters. The zero-order chi connectivity index (χ0) is 17.4. The van der Waals surface area contributed by atoms with Crippen molar-refractivity contribution in [1.29, 1.82) is 0 Å². The number of carbonyl (C=O) groups excluding carboxylic acids is 2. The number of nitrogens with two attached hydrogens (primary N) is 1. The number of hydrogen-bond donors (Lipinski definition) is 5. The molecule has 0 fully saturated rings. The Kier molecular flexibility index (Phi) is 7.20. The number of imidazole rings is 1. The van der Waals surface area contributed by atoms with Crippen molar-refractivity contribution in [3.05, 3.63) is 18.2 Å². The van der Waals surface area contributed by atoms with Crippen molar-refractivity contribution in [2.75, 3.05) is 6.54 Å². The number of hydrogen-bond acceptors (Lipinski definition) is 5. The molecular weight excluding hydrogens is 302 g/mol. The number of nitrogens with zero attached hydrogens (tertiary/aromatic N) is 1. The molecule has 1 rings (SSSR count). The number of rotatable bonds is 9. The van der Waals surface area contributed by atoms with Crippen molar-refractivity contribution < 1.29 is 19.5 Å². The van der Waals surface area contributed by atoms with E-state index in [2.05, 4.69) is 20.6 Å². The van der Waals surface area contributed by atoms with Crippen molar-refractivity contribution in [1.82, 2.24) is 20.6 Å². The van der Waals surface area contributed by atoms with Crippen LogP contribution in [0.25, 0.3) is 0 Å². The molecule has 1 aromatic heterocycles. The minimum Gasteiger partial charge on any atom is -0.480 e. The molecule has 1 aromatic rings. The van der Waals surface area contributed by atoms with E-state index in [1.165, 1.54) is 12.5 Å². The van der Waals surface area contributed by atoms with E-state index < -0.39 is 36.4 Å². The smallest absolute Gasteiger partial charge is 0.322 e. The Labute approximate surface area is 134 Å². The van der Waals surface area contributed by atoms with Crippen LogP contribution in [0.3, 0.4) is 0 Å². The third kappa shape index (κ3) is 6.92. The van der Waals surface area contributed by atoms with Gasteiger partial charge in [-0.3, -0.25) is 14.4 Å². The standard InChI is InChI=1S/C14H23N5O4/c1-8(2)3-10(15)13(22)19-11(4-9-5-16-7-18-9)14(23)17-6-12(20)21/h5,7-8,10-11H,3-4,6,15H2,1-2H3,(H,16,18)(H,17,23)(H,19,22)(H,20,21)/t10-,11-/m0/s1. The first kappa shape index (κ1) is 18.6. The molecule has 0 bridgehead atoms. The van der Waals surface area contributed by atoms with Gasteiger partial charge in [-0.1, -0.05) is 13.8 Å². The van der Waals surface area contributed by atoms with Crippen molar-refractivity contribution in [2.24, 2.45) is 11.7 Å². The largest absolute Gasteiger partial charge is 0.480 e. The van der Waals surface area contributed by atoms with Gasteiger partial charge in [0.2, 0.25) is 11.8 Å². The molecule has 128 valence electrons. The summed E-state index contributed by atoms with van der Waals surface area (Å²) >= 11 is 0. The molecular formula is C14H23N5O4. The molecule has 0 aliphatic carbocycles. The Morgan fingerprint density at radius 1 is 1.35 bits per heavy atom. The molecule has 9 nitrogen and oxygen atoms in total. The van der Waals surface area contributed by atoms with Crippen molar-refractivity contribution >= 4 is 17.8 Å². The van der Waals surface area contributed by atoms with E-state index in [-0.39, 0.29) is 12.3 Å². The molecule has 1 heterocycles. The summed E-state index contributed by atoms with van der Waals surface area (Å²) in [5, 5.41) is 13.5. The maximum atomic E-state index is 12.1. The van der Waals surface area contributed by atoms with E-state index in [0.29, 0.717) is 12.1 Å². The van der Waals surface area contributed by atoms with Gasteiger partial charge in [-0.05, 0) is 12.3 Å². The quantitative estimate of drug-likeness (QED) is 0.393. The highest BCUT2D eigenvalue weighted by Crippen LogP contribution is 2.04. The van der Waals surface area contributed by atoms with Gasteiger partial charge in [-0.15, -0.1) is 0 Å². The van der Waals surface area contributed by atoms with Gasteiger partial charge >= 0.3 is 5.97 Å². The lowest BCUT2D eigenvalue weighted by molar-refractivity contribution is -0.138. The number of aliphatic carboxylic acids is 1. The lowest BCUT2D eigenvalue weighted by Crippen LogP contribution is -2.53. The Morgan fingerprint density at radius 2 is 2.04 bits per heavy atom. The summed E-state index contributed by atoms with van der Waals surface area (Å²) in [6.07, 6.45) is 3.62. The molecule has 0 saturated heterocycles. The molecule has 2 amide bonds. The first-order chi connectivity index (χ1) is 10.8. The topological polar surface area (TPSA) is 150 Å². The van der Waals surface area contributed by atoms with Crippen LogP contribution in [0, 0.1) is 5.92 Å². The SMILES string of the molecule is CC(C)C[C@H](N)C(=O)N[C@@H](Cc1cnc[nH]1)C(=O)NCC(=O)O. The number of H-pyrrole nitrogens is 1. The lowest BCUT2D eigenvalue weighted by atomic mass is 10.0. The number of carboxylic acid groups (broad SMARTS) is 1. The van der Waals surface area contributed by atoms with Crippen LogP contribution in [0.5, 0.6) is 0 Å². The van der Waals surface area contributed by atoms with Crippen LogP contribution in [-0.4, -0.2) is 51.5 Å². The highest BCUT2D eigenvalue weighted by Gasteiger charge is 2.25. The van der Waals surface area contributed by atoms with Crippen LogP contribution in [0.4, 0.5) is 0 Å². The first-order valence-corrected chi connectivity index (χ1v) is 7.32. The average molecular weight is 325 g/mol. The van der Waals surface area contributed by atoms with Crippen LogP contribution < -0.4 is 16.4 Å². The lowest BCUT2D eigenvalue weighted by Gasteiger charge is -2.20. The third-order valence-corrected chi connectivity index (χ3v) is 3.09. The number of carboxylic acids is 1. The maximum absolute atomic E-state index is 12.1. The highest BCUT2D eigenvalue weighted by atomic mass is 16.4. The highest BCUT2D eigenvalue weighted by molar-refractivity contribution is 5.91. The minimum atomic E-state index is -1.17. The van der Waals surface area contributed by atoms with Gasteiger partial charge in [0.1, 0.15) is 12.6 Å². The monoisotopic (exact) mass is 325 g/mol. The van der Waals surface area contributed by atoms with E-state index in [9.17, 15) is 14.4 Å². The summed E-state index contributed by atoms with van der Waals surface area (Å²) in [5.74, 6) is -1.97. The number of nitrogens with one attached hydrogen (secondary N) is 3. The number of aromatic amines is 1. The first-order valence-electron chi connectivity index (χ1n) is 7.32. The van der Waals surface area contributed by atoms with Gasteiger partial charge in [0, 0.05) is 18.3 Å². The van der Waals surface area contributed by atoms with E-state index in [0.717, 1.165) is 0 Å². The summed E-state index contributed by atoms with van der Waals surface area (Å²) in [6.45, 7) is 3.36. The fraction of sp³-hybridized carbons (Fsp3) is 0.571. The van der Waals surface area contributed by atoms with Crippen LogP contribution in [0.2, 0.25) is 0 Å². The van der Waals surface area contributed by atoms with Crippen LogP contribution >= 0.6 is 0 Å². The second kappa shape index (κ2) is 8.89. The van der Waals surface area contributed by atoms with E-state index in [1.54, 1.807) is 0 Å². The van der Waals surface area contributed by atoms with Gasteiger partial charge in [-0.2, -0.15) is 0 Å². The molecule has 0 aliphatic rings. The molecule has 0 saturated carbocycles. The predicted molar refractivity (Wildman–Crippen MR) is 82.3 cm³/mol. The van der Waals surface area contributed by atoms with Crippen molar-refractivity contribution in [3.8, 4) is 0 Å². The zero-order valence-electron chi connectivity index (χ0n) is 13.2. The summed E-state index contributed by atoms with van der Waals surface area (Å²) in [6, 6.07) is -1.66. The molecule has 6 N–H and O–H groups in total. The van der Waals surface area contributed by atoms with Gasteiger partial charge in [0.05, 0.1) is 12.4 Å². The average Bonchev–Trinajstić information content (AvgIpc) is 2.96. The summed E-state index contributed by atoms with van der Waals surface area (Å²) in [7, 11) is 0. The number of amides is 2. The second-order valence-electron chi connectivity index (χ2n) is 5.69. The van der Waals surface area contributed by atoms with Crippen LogP contribution in [0.15, 0.2) is 12.5 Å². The second-order valence-corrected chi connectivity index (χ2v) is 5.69. The molecule has 0 radical (unpaired) electrons. The maximum Gasteiger partial charge on any atom is 0.322 e. The molecule has 0 aliphatic heterocycles. The van der Waals surface area contributed by atoms with Crippen LogP contribution in [-0.2, 0) is 20.8 Å². The van der Waals surface area contributed by atoms with Gasteiger partial charge in [-0.25, -0.2) is 4.98 Å².